The van der Waals surface area contributed by atoms with Crippen LogP contribution in [0.1, 0.15) is 41.4 Å². The summed E-state index contributed by atoms with van der Waals surface area (Å²) in [5, 5.41) is 0. The maximum absolute atomic E-state index is 11.8. The first-order chi connectivity index (χ1) is 7.27. The SMILES string of the molecule is CCn1c2c(cc(C=O)c1=O)CCCC2. The van der Waals surface area contributed by atoms with E-state index in [4.69, 9.17) is 0 Å². The highest BCUT2D eigenvalue weighted by atomic mass is 16.1. The highest BCUT2D eigenvalue weighted by Crippen LogP contribution is 2.20. The Hall–Kier alpha value is -1.38. The number of hydrogen-bond donors (Lipinski definition) is 0. The Labute approximate surface area is 88.7 Å². The van der Waals surface area contributed by atoms with E-state index in [2.05, 4.69) is 0 Å². The first-order valence-electron chi connectivity index (χ1n) is 5.48. The molecule has 0 amide bonds. The van der Waals surface area contributed by atoms with Crippen LogP contribution in [0.5, 0.6) is 0 Å². The molecule has 0 saturated heterocycles. The van der Waals surface area contributed by atoms with Crippen LogP contribution in [0.4, 0.5) is 0 Å². The van der Waals surface area contributed by atoms with Gasteiger partial charge in [0.2, 0.25) is 0 Å². The lowest BCUT2D eigenvalue weighted by Crippen LogP contribution is -2.28. The van der Waals surface area contributed by atoms with E-state index >= 15 is 0 Å². The molecule has 1 aliphatic carbocycles. The highest BCUT2D eigenvalue weighted by molar-refractivity contribution is 5.74. The van der Waals surface area contributed by atoms with E-state index in [9.17, 15) is 9.59 Å². The Morgan fingerprint density at radius 1 is 1.40 bits per heavy atom. The summed E-state index contributed by atoms with van der Waals surface area (Å²) in [5.41, 5.74) is 2.50. The summed E-state index contributed by atoms with van der Waals surface area (Å²) in [4.78, 5) is 22.6. The minimum absolute atomic E-state index is 0.131. The zero-order valence-corrected chi connectivity index (χ0v) is 8.95. The van der Waals surface area contributed by atoms with Crippen LogP contribution in [-0.4, -0.2) is 10.9 Å². The second kappa shape index (κ2) is 4.01. The van der Waals surface area contributed by atoms with E-state index in [1.807, 2.05) is 6.92 Å². The summed E-state index contributed by atoms with van der Waals surface area (Å²) in [5.74, 6) is 0. The fourth-order valence-corrected chi connectivity index (χ4v) is 2.32. The number of aromatic nitrogens is 1. The Kier molecular flexibility index (Phi) is 2.71. The molecule has 0 aromatic carbocycles. The van der Waals surface area contributed by atoms with Gasteiger partial charge in [0.15, 0.2) is 6.29 Å². The molecule has 0 unspecified atom stereocenters. The van der Waals surface area contributed by atoms with E-state index in [0.29, 0.717) is 18.4 Å². The fourth-order valence-electron chi connectivity index (χ4n) is 2.32. The molecular weight excluding hydrogens is 190 g/mol. The number of fused-ring (bicyclic) bond motifs is 1. The predicted octanol–water partition coefficient (Wildman–Crippen LogP) is 1.56. The monoisotopic (exact) mass is 205 g/mol. The number of nitrogens with zero attached hydrogens (tertiary/aromatic N) is 1. The molecule has 0 saturated carbocycles. The van der Waals surface area contributed by atoms with Crippen LogP contribution < -0.4 is 5.56 Å². The van der Waals surface area contributed by atoms with Crippen LogP contribution in [0.25, 0.3) is 0 Å². The van der Waals surface area contributed by atoms with Gasteiger partial charge in [-0.3, -0.25) is 9.59 Å². The Balaban J connectivity index is 2.68. The molecule has 0 bridgehead atoms. The summed E-state index contributed by atoms with van der Waals surface area (Å²) in [6.07, 6.45) is 4.94. The van der Waals surface area contributed by atoms with Crippen molar-refractivity contribution in [2.24, 2.45) is 0 Å². The standard InChI is InChI=1S/C12H15NO2/c1-2-13-11-6-4-3-5-9(11)7-10(8-14)12(13)15/h7-8H,2-6H2,1H3. The van der Waals surface area contributed by atoms with Gasteiger partial charge in [0.1, 0.15) is 0 Å². The first-order valence-corrected chi connectivity index (χ1v) is 5.48. The molecule has 0 fully saturated rings. The number of pyridine rings is 1. The van der Waals surface area contributed by atoms with E-state index in [0.717, 1.165) is 31.4 Å². The molecule has 2 rings (SSSR count). The average molecular weight is 205 g/mol. The number of carbonyl (C=O) groups excluding carboxylic acids is 1. The van der Waals surface area contributed by atoms with Crippen molar-refractivity contribution in [1.82, 2.24) is 4.57 Å². The lowest BCUT2D eigenvalue weighted by atomic mass is 9.94. The molecule has 1 aliphatic rings. The van der Waals surface area contributed by atoms with Crippen molar-refractivity contribution in [1.29, 1.82) is 0 Å². The van der Waals surface area contributed by atoms with Gasteiger partial charge in [0.25, 0.3) is 5.56 Å². The lowest BCUT2D eigenvalue weighted by Gasteiger charge is -2.20. The molecule has 1 heterocycles. The molecule has 0 aliphatic heterocycles. The first kappa shape index (κ1) is 10.1. The topological polar surface area (TPSA) is 39.1 Å². The zero-order chi connectivity index (χ0) is 10.8. The van der Waals surface area contributed by atoms with Crippen LogP contribution in [0.3, 0.4) is 0 Å². The van der Waals surface area contributed by atoms with Crippen LogP contribution >= 0.6 is 0 Å². The van der Waals surface area contributed by atoms with Gasteiger partial charge in [-0.2, -0.15) is 0 Å². The number of rotatable bonds is 2. The maximum atomic E-state index is 11.8. The molecule has 1 aromatic rings. The molecule has 0 spiro atoms. The number of carbonyl (C=O) groups is 1. The van der Waals surface area contributed by atoms with Gasteiger partial charge in [0.05, 0.1) is 5.56 Å². The van der Waals surface area contributed by atoms with Gasteiger partial charge in [-0.1, -0.05) is 0 Å². The third kappa shape index (κ3) is 1.62. The van der Waals surface area contributed by atoms with Gasteiger partial charge < -0.3 is 4.57 Å². The minimum atomic E-state index is -0.131. The predicted molar refractivity (Wildman–Crippen MR) is 58.4 cm³/mol. The number of aldehydes is 1. The van der Waals surface area contributed by atoms with Gasteiger partial charge in [-0.05, 0) is 44.2 Å². The summed E-state index contributed by atoms with van der Waals surface area (Å²) in [7, 11) is 0. The van der Waals surface area contributed by atoms with Gasteiger partial charge in [-0.15, -0.1) is 0 Å². The minimum Gasteiger partial charge on any atom is -0.312 e. The van der Waals surface area contributed by atoms with Crippen molar-refractivity contribution in [2.45, 2.75) is 39.2 Å². The zero-order valence-electron chi connectivity index (χ0n) is 8.95. The Morgan fingerprint density at radius 3 is 2.80 bits per heavy atom. The summed E-state index contributed by atoms with van der Waals surface area (Å²) < 4.78 is 1.75. The van der Waals surface area contributed by atoms with E-state index < -0.39 is 0 Å². The molecule has 0 radical (unpaired) electrons. The third-order valence-corrected chi connectivity index (χ3v) is 3.07. The quantitative estimate of drug-likeness (QED) is 0.687. The van der Waals surface area contributed by atoms with Crippen molar-refractivity contribution in [3.8, 4) is 0 Å². The summed E-state index contributed by atoms with van der Waals surface area (Å²) >= 11 is 0. The summed E-state index contributed by atoms with van der Waals surface area (Å²) in [6.45, 7) is 2.60. The van der Waals surface area contributed by atoms with Crippen LogP contribution in [0, 0.1) is 0 Å². The van der Waals surface area contributed by atoms with Crippen molar-refractivity contribution in [3.05, 3.63) is 33.2 Å². The molecule has 0 atom stereocenters. The smallest absolute Gasteiger partial charge is 0.261 e. The highest BCUT2D eigenvalue weighted by Gasteiger charge is 2.16. The second-order valence-electron chi connectivity index (χ2n) is 3.95. The Morgan fingerprint density at radius 2 is 2.13 bits per heavy atom. The fraction of sp³-hybridized carbons (Fsp3) is 0.500. The van der Waals surface area contributed by atoms with Crippen LogP contribution in [0.2, 0.25) is 0 Å². The van der Waals surface area contributed by atoms with Crippen molar-refractivity contribution in [3.63, 3.8) is 0 Å². The maximum Gasteiger partial charge on any atom is 0.261 e. The molecule has 1 aromatic heterocycles. The van der Waals surface area contributed by atoms with Gasteiger partial charge in [-0.25, -0.2) is 0 Å². The van der Waals surface area contributed by atoms with Crippen LogP contribution in [-0.2, 0) is 19.4 Å². The molecule has 3 heteroatoms. The van der Waals surface area contributed by atoms with Crippen molar-refractivity contribution in [2.75, 3.05) is 0 Å². The van der Waals surface area contributed by atoms with Crippen molar-refractivity contribution < 1.29 is 4.79 Å². The van der Waals surface area contributed by atoms with E-state index in [1.165, 1.54) is 5.56 Å². The number of aryl methyl sites for hydroxylation is 1. The molecule has 0 N–H and O–H groups in total. The average Bonchev–Trinajstić information content (AvgIpc) is 2.28. The molecular formula is C12H15NO2. The number of hydrogen-bond acceptors (Lipinski definition) is 2. The molecule has 3 nitrogen and oxygen atoms in total. The molecule has 80 valence electrons. The lowest BCUT2D eigenvalue weighted by molar-refractivity contribution is 0.112. The van der Waals surface area contributed by atoms with E-state index in [1.54, 1.807) is 10.6 Å². The normalized spacial score (nSPS) is 14.7. The molecule has 15 heavy (non-hydrogen) atoms. The second-order valence-corrected chi connectivity index (χ2v) is 3.95. The largest absolute Gasteiger partial charge is 0.312 e. The van der Waals surface area contributed by atoms with Gasteiger partial charge in [0, 0.05) is 12.2 Å². The van der Waals surface area contributed by atoms with Crippen LogP contribution in [0.15, 0.2) is 10.9 Å². The Bertz CT molecular complexity index is 446. The summed E-state index contributed by atoms with van der Waals surface area (Å²) in [6, 6.07) is 1.77. The third-order valence-electron chi connectivity index (χ3n) is 3.07. The van der Waals surface area contributed by atoms with Crippen molar-refractivity contribution >= 4 is 6.29 Å². The van der Waals surface area contributed by atoms with E-state index in [-0.39, 0.29) is 5.56 Å². The van der Waals surface area contributed by atoms with Gasteiger partial charge >= 0.3 is 0 Å².